The summed E-state index contributed by atoms with van der Waals surface area (Å²) >= 11 is 5.85. The van der Waals surface area contributed by atoms with Crippen LogP contribution in [0.4, 0.5) is 5.82 Å². The van der Waals surface area contributed by atoms with Gasteiger partial charge in [0.25, 0.3) is 5.91 Å². The zero-order valence-corrected chi connectivity index (χ0v) is 15.8. The van der Waals surface area contributed by atoms with Crippen LogP contribution in [0, 0.1) is 0 Å². The fourth-order valence-electron chi connectivity index (χ4n) is 2.75. The Morgan fingerprint density at radius 1 is 1.27 bits per heavy atom. The van der Waals surface area contributed by atoms with E-state index in [2.05, 4.69) is 15.3 Å². The topological polar surface area (TPSA) is 92.3 Å². The number of anilines is 1. The maximum absolute atomic E-state index is 12.5. The Bertz CT molecular complexity index is 885. The average molecular weight is 395 g/mol. The Morgan fingerprint density at radius 2 is 2.00 bits per heavy atom. The van der Waals surface area contributed by atoms with Crippen molar-refractivity contribution < 1.29 is 13.2 Å². The second-order valence-corrected chi connectivity index (χ2v) is 8.90. The average Bonchev–Trinajstić information content (AvgIpc) is 3.00. The van der Waals surface area contributed by atoms with Crippen LogP contribution in [-0.4, -0.2) is 53.8 Å². The van der Waals surface area contributed by atoms with Gasteiger partial charge < -0.3 is 10.2 Å². The Morgan fingerprint density at radius 3 is 2.58 bits per heavy atom. The molecule has 2 heterocycles. The molecule has 1 amide bonds. The summed E-state index contributed by atoms with van der Waals surface area (Å²) in [6, 6.07) is 7.13. The summed E-state index contributed by atoms with van der Waals surface area (Å²) in [4.78, 5) is 22.3. The number of nitrogens with one attached hydrogen (secondary N) is 1. The molecule has 1 unspecified atom stereocenters. The van der Waals surface area contributed by atoms with E-state index < -0.39 is 9.84 Å². The van der Waals surface area contributed by atoms with Crippen molar-refractivity contribution in [3.8, 4) is 0 Å². The number of sulfone groups is 1. The van der Waals surface area contributed by atoms with Crippen molar-refractivity contribution in [2.24, 2.45) is 0 Å². The Hall–Kier alpha value is -2.19. The van der Waals surface area contributed by atoms with Crippen LogP contribution in [0.1, 0.15) is 22.5 Å². The first kappa shape index (κ1) is 18.6. The smallest absolute Gasteiger partial charge is 0.274 e. The molecule has 1 atom stereocenters. The number of aromatic nitrogens is 2. The molecule has 1 fully saturated rings. The van der Waals surface area contributed by atoms with E-state index in [0.29, 0.717) is 23.8 Å². The summed E-state index contributed by atoms with van der Waals surface area (Å²) in [5.74, 6) is 0.337. The van der Waals surface area contributed by atoms with Gasteiger partial charge in [0.2, 0.25) is 0 Å². The lowest BCUT2D eigenvalue weighted by atomic mass is 10.2. The van der Waals surface area contributed by atoms with Gasteiger partial charge in [-0.3, -0.25) is 4.79 Å². The van der Waals surface area contributed by atoms with Gasteiger partial charge in [-0.1, -0.05) is 23.7 Å². The molecule has 3 rings (SSSR count). The van der Waals surface area contributed by atoms with Crippen LogP contribution < -0.4 is 5.32 Å². The minimum atomic E-state index is -3.05. The number of amides is 1. The van der Waals surface area contributed by atoms with Crippen LogP contribution in [0.15, 0.2) is 36.7 Å². The number of nitrogens with zero attached hydrogens (tertiary/aromatic N) is 3. The summed E-state index contributed by atoms with van der Waals surface area (Å²) in [6.07, 6.45) is 3.34. The third-order valence-electron chi connectivity index (χ3n) is 4.33. The highest BCUT2D eigenvalue weighted by molar-refractivity contribution is 7.91. The molecule has 0 aliphatic carbocycles. The SMILES string of the molecule is CN(C(=O)c1cnc(NCc2ccc(Cl)cc2)cn1)C1CCS(=O)(=O)C1. The van der Waals surface area contributed by atoms with Gasteiger partial charge in [-0.15, -0.1) is 0 Å². The van der Waals surface area contributed by atoms with Gasteiger partial charge in [0, 0.05) is 24.7 Å². The Kier molecular flexibility index (Phi) is 5.43. The normalized spacial score (nSPS) is 18.5. The zero-order chi connectivity index (χ0) is 18.7. The van der Waals surface area contributed by atoms with Gasteiger partial charge in [-0.05, 0) is 24.1 Å². The van der Waals surface area contributed by atoms with Crippen LogP contribution in [0.25, 0.3) is 0 Å². The second-order valence-electron chi connectivity index (χ2n) is 6.24. The standard InChI is InChI=1S/C17H19ClN4O3S/c1-22(14-6-7-26(24,25)11-14)17(23)15-9-21-16(10-19-15)20-8-12-2-4-13(18)5-3-12/h2-5,9-10,14H,6-8,11H2,1H3,(H,20,21). The highest BCUT2D eigenvalue weighted by Crippen LogP contribution is 2.18. The van der Waals surface area contributed by atoms with E-state index in [-0.39, 0.29) is 29.1 Å². The number of hydrogen-bond donors (Lipinski definition) is 1. The zero-order valence-electron chi connectivity index (χ0n) is 14.2. The molecule has 0 radical (unpaired) electrons. The third kappa shape index (κ3) is 4.50. The first-order chi connectivity index (χ1) is 12.3. The van der Waals surface area contributed by atoms with Crippen LogP contribution >= 0.6 is 11.6 Å². The fraction of sp³-hybridized carbons (Fsp3) is 0.353. The lowest BCUT2D eigenvalue weighted by Gasteiger charge is -2.22. The molecule has 1 aromatic heterocycles. The lowest BCUT2D eigenvalue weighted by Crippen LogP contribution is -2.38. The van der Waals surface area contributed by atoms with Crippen LogP contribution in [0.5, 0.6) is 0 Å². The lowest BCUT2D eigenvalue weighted by molar-refractivity contribution is 0.0741. The molecule has 7 nitrogen and oxygen atoms in total. The van der Waals surface area contributed by atoms with Crippen molar-refractivity contribution in [1.29, 1.82) is 0 Å². The number of benzene rings is 1. The molecule has 26 heavy (non-hydrogen) atoms. The van der Waals surface area contributed by atoms with Gasteiger partial charge in [0.05, 0.1) is 23.9 Å². The molecule has 9 heteroatoms. The summed E-state index contributed by atoms with van der Waals surface area (Å²) in [6.45, 7) is 0.555. The molecule has 0 bridgehead atoms. The number of rotatable bonds is 5. The molecule has 0 saturated carbocycles. The predicted octanol–water partition coefficient (Wildman–Crippen LogP) is 2.00. The Labute approximate surface area is 157 Å². The van der Waals surface area contributed by atoms with Crippen molar-refractivity contribution in [1.82, 2.24) is 14.9 Å². The summed E-state index contributed by atoms with van der Waals surface area (Å²) in [5.41, 5.74) is 1.23. The van der Waals surface area contributed by atoms with Crippen LogP contribution in [-0.2, 0) is 16.4 Å². The maximum Gasteiger partial charge on any atom is 0.274 e. The first-order valence-corrected chi connectivity index (χ1v) is 10.3. The van der Waals surface area contributed by atoms with E-state index in [4.69, 9.17) is 11.6 Å². The number of hydrogen-bond acceptors (Lipinski definition) is 6. The van der Waals surface area contributed by atoms with E-state index in [9.17, 15) is 13.2 Å². The molecule has 1 saturated heterocycles. The monoisotopic (exact) mass is 394 g/mol. The summed E-state index contributed by atoms with van der Waals surface area (Å²) in [7, 11) is -1.45. The molecular formula is C17H19ClN4O3S. The molecule has 1 aromatic carbocycles. The Balaban J connectivity index is 1.59. The van der Waals surface area contributed by atoms with E-state index in [0.717, 1.165) is 5.56 Å². The first-order valence-electron chi connectivity index (χ1n) is 8.12. The third-order valence-corrected chi connectivity index (χ3v) is 6.34. The predicted molar refractivity (Wildman–Crippen MR) is 100.0 cm³/mol. The molecular weight excluding hydrogens is 376 g/mol. The number of halogens is 1. The van der Waals surface area contributed by atoms with E-state index in [1.165, 1.54) is 17.3 Å². The van der Waals surface area contributed by atoms with Gasteiger partial charge in [0.15, 0.2) is 9.84 Å². The van der Waals surface area contributed by atoms with Crippen molar-refractivity contribution in [2.45, 2.75) is 19.0 Å². The highest BCUT2D eigenvalue weighted by Gasteiger charge is 2.33. The van der Waals surface area contributed by atoms with Crippen LogP contribution in [0.3, 0.4) is 0 Å². The summed E-state index contributed by atoms with van der Waals surface area (Å²) in [5, 5.41) is 3.80. The second kappa shape index (κ2) is 7.59. The van der Waals surface area contributed by atoms with Crippen molar-refractivity contribution in [2.75, 3.05) is 23.9 Å². The summed E-state index contributed by atoms with van der Waals surface area (Å²) < 4.78 is 23.2. The van der Waals surface area contributed by atoms with E-state index in [1.54, 1.807) is 7.05 Å². The minimum Gasteiger partial charge on any atom is -0.365 e. The fourth-order valence-corrected chi connectivity index (χ4v) is 4.65. The molecule has 1 aliphatic heterocycles. The minimum absolute atomic E-state index is 0.00337. The number of carbonyl (C=O) groups is 1. The quantitative estimate of drug-likeness (QED) is 0.833. The van der Waals surface area contributed by atoms with Crippen molar-refractivity contribution in [3.05, 3.63) is 52.9 Å². The van der Waals surface area contributed by atoms with E-state index >= 15 is 0 Å². The molecule has 1 aliphatic rings. The molecule has 138 valence electrons. The maximum atomic E-state index is 12.5. The van der Waals surface area contributed by atoms with Gasteiger partial charge in [-0.25, -0.2) is 18.4 Å². The van der Waals surface area contributed by atoms with E-state index in [1.807, 2.05) is 24.3 Å². The molecule has 2 aromatic rings. The molecule has 1 N–H and O–H groups in total. The van der Waals surface area contributed by atoms with Crippen LogP contribution in [0.2, 0.25) is 5.02 Å². The van der Waals surface area contributed by atoms with Gasteiger partial charge in [-0.2, -0.15) is 0 Å². The van der Waals surface area contributed by atoms with Gasteiger partial charge in [0.1, 0.15) is 11.5 Å². The molecule has 0 spiro atoms. The van der Waals surface area contributed by atoms with Crippen molar-refractivity contribution >= 4 is 33.2 Å². The largest absolute Gasteiger partial charge is 0.365 e. The van der Waals surface area contributed by atoms with Gasteiger partial charge >= 0.3 is 0 Å². The number of carbonyl (C=O) groups excluding carboxylic acids is 1. The van der Waals surface area contributed by atoms with Crippen molar-refractivity contribution in [3.63, 3.8) is 0 Å². The highest BCUT2D eigenvalue weighted by atomic mass is 35.5.